The molecule has 0 aromatic carbocycles. The molecular weight excluding hydrogens is 254 g/mol. The third kappa shape index (κ3) is 2.70. The number of aliphatic carboxylic acids is 1. The Labute approximate surface area is 122 Å². The summed E-state index contributed by atoms with van der Waals surface area (Å²) in [6.45, 7) is 13.2. The van der Waals surface area contributed by atoms with Gasteiger partial charge in [-0.2, -0.15) is 0 Å². The highest BCUT2D eigenvalue weighted by Gasteiger charge is 2.64. The molecule has 0 aliphatic heterocycles. The van der Waals surface area contributed by atoms with Gasteiger partial charge in [0.1, 0.15) is 0 Å². The number of carboxylic acid groups (broad SMARTS) is 1. The van der Waals surface area contributed by atoms with Gasteiger partial charge in [-0.1, -0.05) is 41.5 Å². The molecule has 1 amide bonds. The number of amides is 1. The fourth-order valence-corrected chi connectivity index (χ4v) is 3.31. The van der Waals surface area contributed by atoms with Crippen molar-refractivity contribution in [3.63, 3.8) is 0 Å². The standard InChI is InChI=1S/C16H29NO3/c1-7-16(8-2,13(19)20)9-12(18)17-10-11-14(3,4)15(11,5)6/h11H,7-10H2,1-6H3,(H,17,18)(H,19,20). The van der Waals surface area contributed by atoms with Gasteiger partial charge in [0.2, 0.25) is 5.91 Å². The molecule has 0 atom stereocenters. The van der Waals surface area contributed by atoms with E-state index < -0.39 is 11.4 Å². The summed E-state index contributed by atoms with van der Waals surface area (Å²) in [6, 6.07) is 0. The zero-order chi connectivity index (χ0) is 15.8. The number of nitrogens with one attached hydrogen (secondary N) is 1. The molecule has 1 rings (SSSR count). The van der Waals surface area contributed by atoms with E-state index in [4.69, 9.17) is 0 Å². The van der Waals surface area contributed by atoms with Crippen molar-refractivity contribution in [2.24, 2.45) is 22.2 Å². The first-order valence-electron chi connectivity index (χ1n) is 7.55. The SMILES string of the molecule is CCC(CC)(CC(=O)NCC1C(C)(C)C1(C)C)C(=O)O. The zero-order valence-electron chi connectivity index (χ0n) is 13.7. The lowest BCUT2D eigenvalue weighted by Gasteiger charge is -2.25. The van der Waals surface area contributed by atoms with Gasteiger partial charge in [-0.25, -0.2) is 0 Å². The summed E-state index contributed by atoms with van der Waals surface area (Å²) in [7, 11) is 0. The maximum atomic E-state index is 12.1. The van der Waals surface area contributed by atoms with Gasteiger partial charge in [-0.15, -0.1) is 0 Å². The highest BCUT2D eigenvalue weighted by atomic mass is 16.4. The second-order valence-corrected chi connectivity index (χ2v) is 7.27. The lowest BCUT2D eigenvalue weighted by atomic mass is 9.79. The molecule has 1 saturated carbocycles. The molecule has 1 aliphatic rings. The highest BCUT2D eigenvalue weighted by Crippen LogP contribution is 2.67. The number of carboxylic acids is 1. The van der Waals surface area contributed by atoms with Gasteiger partial charge in [0.05, 0.1) is 5.41 Å². The van der Waals surface area contributed by atoms with Crippen LogP contribution in [0.5, 0.6) is 0 Å². The minimum absolute atomic E-state index is 0.0723. The first-order valence-corrected chi connectivity index (χ1v) is 7.55. The summed E-state index contributed by atoms with van der Waals surface area (Å²) >= 11 is 0. The Balaban J connectivity index is 2.55. The summed E-state index contributed by atoms with van der Waals surface area (Å²) in [5.74, 6) is -0.555. The summed E-state index contributed by atoms with van der Waals surface area (Å²) in [4.78, 5) is 23.5. The monoisotopic (exact) mass is 283 g/mol. The molecule has 0 aromatic heterocycles. The largest absolute Gasteiger partial charge is 0.481 e. The molecule has 0 radical (unpaired) electrons. The summed E-state index contributed by atoms with van der Waals surface area (Å²) in [6.07, 6.45) is 1.03. The molecule has 2 N–H and O–H groups in total. The maximum absolute atomic E-state index is 12.1. The van der Waals surface area contributed by atoms with E-state index in [0.717, 1.165) is 0 Å². The molecule has 20 heavy (non-hydrogen) atoms. The number of carbonyl (C=O) groups is 2. The van der Waals surface area contributed by atoms with E-state index in [-0.39, 0.29) is 23.2 Å². The van der Waals surface area contributed by atoms with Crippen LogP contribution in [-0.2, 0) is 9.59 Å². The van der Waals surface area contributed by atoms with Crippen LogP contribution in [0.1, 0.15) is 60.8 Å². The summed E-state index contributed by atoms with van der Waals surface area (Å²) < 4.78 is 0. The molecule has 0 heterocycles. The van der Waals surface area contributed by atoms with Gasteiger partial charge in [-0.05, 0) is 29.6 Å². The van der Waals surface area contributed by atoms with Crippen LogP contribution in [0.25, 0.3) is 0 Å². The molecule has 1 aliphatic carbocycles. The summed E-state index contributed by atoms with van der Waals surface area (Å²) in [5, 5.41) is 12.3. The molecule has 116 valence electrons. The average Bonchev–Trinajstić information content (AvgIpc) is 2.74. The first kappa shape index (κ1) is 17.0. The molecule has 4 heteroatoms. The molecule has 0 unspecified atom stereocenters. The summed E-state index contributed by atoms with van der Waals surface area (Å²) in [5.41, 5.74) is -0.446. The Morgan fingerprint density at radius 3 is 1.85 bits per heavy atom. The Morgan fingerprint density at radius 2 is 1.55 bits per heavy atom. The fraction of sp³-hybridized carbons (Fsp3) is 0.875. The van der Waals surface area contributed by atoms with Crippen molar-refractivity contribution >= 4 is 11.9 Å². The second-order valence-electron chi connectivity index (χ2n) is 7.27. The predicted molar refractivity (Wildman–Crippen MR) is 79.3 cm³/mol. The number of hydrogen-bond donors (Lipinski definition) is 2. The average molecular weight is 283 g/mol. The van der Waals surface area contributed by atoms with Crippen molar-refractivity contribution in [1.82, 2.24) is 5.32 Å². The van der Waals surface area contributed by atoms with Gasteiger partial charge in [0, 0.05) is 13.0 Å². The highest BCUT2D eigenvalue weighted by molar-refractivity contribution is 5.84. The van der Waals surface area contributed by atoms with Crippen molar-refractivity contribution in [3.8, 4) is 0 Å². The Bertz CT molecular complexity index is 381. The van der Waals surface area contributed by atoms with E-state index in [1.54, 1.807) is 0 Å². The number of carbonyl (C=O) groups excluding carboxylic acids is 1. The van der Waals surface area contributed by atoms with Crippen LogP contribution in [0.15, 0.2) is 0 Å². The van der Waals surface area contributed by atoms with Gasteiger partial charge < -0.3 is 10.4 Å². The van der Waals surface area contributed by atoms with E-state index in [9.17, 15) is 14.7 Å². The Hall–Kier alpha value is -1.06. The normalized spacial score (nSPS) is 20.5. The molecule has 1 fully saturated rings. The smallest absolute Gasteiger partial charge is 0.310 e. The first-order chi connectivity index (χ1) is 9.05. The van der Waals surface area contributed by atoms with E-state index in [1.807, 2.05) is 13.8 Å². The van der Waals surface area contributed by atoms with E-state index in [1.165, 1.54) is 0 Å². The number of rotatable bonds is 7. The van der Waals surface area contributed by atoms with E-state index in [2.05, 4.69) is 33.0 Å². The van der Waals surface area contributed by atoms with Crippen LogP contribution in [0, 0.1) is 22.2 Å². The molecule has 0 bridgehead atoms. The third-order valence-corrected chi connectivity index (χ3v) is 6.13. The van der Waals surface area contributed by atoms with Crippen LogP contribution in [0.2, 0.25) is 0 Å². The maximum Gasteiger partial charge on any atom is 0.310 e. The molecular formula is C16H29NO3. The topological polar surface area (TPSA) is 66.4 Å². The minimum atomic E-state index is -0.918. The van der Waals surface area contributed by atoms with E-state index in [0.29, 0.717) is 25.3 Å². The van der Waals surface area contributed by atoms with Crippen LogP contribution in [0.4, 0.5) is 0 Å². The Kier molecular flexibility index (Phi) is 4.57. The van der Waals surface area contributed by atoms with Crippen molar-refractivity contribution in [2.45, 2.75) is 60.8 Å². The fourth-order valence-electron chi connectivity index (χ4n) is 3.31. The third-order valence-electron chi connectivity index (χ3n) is 6.13. The zero-order valence-corrected chi connectivity index (χ0v) is 13.7. The van der Waals surface area contributed by atoms with Crippen LogP contribution in [0.3, 0.4) is 0 Å². The van der Waals surface area contributed by atoms with Crippen LogP contribution < -0.4 is 5.32 Å². The Morgan fingerprint density at radius 1 is 1.10 bits per heavy atom. The van der Waals surface area contributed by atoms with Crippen molar-refractivity contribution < 1.29 is 14.7 Å². The lowest BCUT2D eigenvalue weighted by Crippen LogP contribution is -2.37. The molecule has 4 nitrogen and oxygen atoms in total. The molecule has 0 aromatic rings. The lowest BCUT2D eigenvalue weighted by molar-refractivity contribution is -0.152. The predicted octanol–water partition coefficient (Wildman–Crippen LogP) is 3.07. The van der Waals surface area contributed by atoms with Gasteiger partial charge in [0.15, 0.2) is 0 Å². The van der Waals surface area contributed by atoms with Crippen molar-refractivity contribution in [3.05, 3.63) is 0 Å². The number of hydrogen-bond acceptors (Lipinski definition) is 2. The van der Waals surface area contributed by atoms with Crippen LogP contribution >= 0.6 is 0 Å². The van der Waals surface area contributed by atoms with Gasteiger partial charge in [0.25, 0.3) is 0 Å². The van der Waals surface area contributed by atoms with Gasteiger partial charge >= 0.3 is 5.97 Å². The van der Waals surface area contributed by atoms with Crippen LogP contribution in [-0.4, -0.2) is 23.5 Å². The quantitative estimate of drug-likeness (QED) is 0.754. The van der Waals surface area contributed by atoms with Crippen molar-refractivity contribution in [2.75, 3.05) is 6.54 Å². The van der Waals surface area contributed by atoms with E-state index >= 15 is 0 Å². The molecule has 0 saturated heterocycles. The van der Waals surface area contributed by atoms with Crippen molar-refractivity contribution in [1.29, 1.82) is 0 Å². The molecule has 0 spiro atoms. The second kappa shape index (κ2) is 5.38. The van der Waals surface area contributed by atoms with Gasteiger partial charge in [-0.3, -0.25) is 9.59 Å². The minimum Gasteiger partial charge on any atom is -0.481 e.